The normalized spacial score (nSPS) is 38.8. The fraction of sp³-hybridized carbons (Fsp3) is 0.688. The van der Waals surface area contributed by atoms with Crippen molar-refractivity contribution in [2.75, 3.05) is 0 Å². The van der Waals surface area contributed by atoms with Gasteiger partial charge in [0.15, 0.2) is 0 Å². The van der Waals surface area contributed by atoms with Gasteiger partial charge in [-0.2, -0.15) is 5.10 Å². The molecule has 2 amide bonds. The van der Waals surface area contributed by atoms with Crippen LogP contribution in [0.5, 0.6) is 0 Å². The predicted octanol–water partition coefficient (Wildman–Crippen LogP) is 1.22. The Bertz CT molecular complexity index is 581. The molecule has 4 saturated carbocycles. The van der Waals surface area contributed by atoms with E-state index in [1.165, 1.54) is 12.8 Å². The van der Waals surface area contributed by atoms with Gasteiger partial charge in [0.2, 0.25) is 5.91 Å². The highest BCUT2D eigenvalue weighted by Crippen LogP contribution is 2.55. The van der Waals surface area contributed by atoms with Crippen LogP contribution in [0.25, 0.3) is 0 Å². The molecule has 118 valence electrons. The maximum absolute atomic E-state index is 12.3. The average Bonchev–Trinajstić information content (AvgIpc) is 2.94. The second-order valence-corrected chi connectivity index (χ2v) is 7.42. The molecule has 6 nitrogen and oxygen atoms in total. The topological polar surface area (TPSA) is 86.9 Å². The van der Waals surface area contributed by atoms with Crippen LogP contribution in [0.2, 0.25) is 0 Å². The van der Waals surface area contributed by atoms with Gasteiger partial charge in [0.1, 0.15) is 0 Å². The lowest BCUT2D eigenvalue weighted by molar-refractivity contribution is -0.125. The standard InChI is InChI=1S/C16H22N4O2/c1-9(21)20-16-4-10-2-11(5-16)14(12(3-10)6-16)19-15(22)13-7-17-18-8-13/h7-8,10-12,14H,2-6H2,1H3,(H,17,18)(H,19,22)(H,20,21). The number of amides is 2. The molecule has 6 heteroatoms. The van der Waals surface area contributed by atoms with E-state index >= 15 is 0 Å². The summed E-state index contributed by atoms with van der Waals surface area (Å²) in [5.74, 6) is 1.69. The van der Waals surface area contributed by atoms with Crippen molar-refractivity contribution in [2.45, 2.75) is 50.6 Å². The first kappa shape index (κ1) is 13.8. The van der Waals surface area contributed by atoms with Crippen molar-refractivity contribution in [1.29, 1.82) is 0 Å². The SMILES string of the molecule is CC(=O)NC12CC3CC(C1)C(NC(=O)c1cn[nH]c1)C(C3)C2. The highest BCUT2D eigenvalue weighted by atomic mass is 16.2. The minimum absolute atomic E-state index is 0.0147. The smallest absolute Gasteiger partial charge is 0.254 e. The summed E-state index contributed by atoms with van der Waals surface area (Å²) in [4.78, 5) is 23.9. The van der Waals surface area contributed by atoms with E-state index in [4.69, 9.17) is 0 Å². The third kappa shape index (κ3) is 2.21. The number of hydrogen-bond donors (Lipinski definition) is 3. The van der Waals surface area contributed by atoms with Gasteiger partial charge in [-0.1, -0.05) is 0 Å². The van der Waals surface area contributed by atoms with Crippen LogP contribution in [0.15, 0.2) is 12.4 Å². The maximum Gasteiger partial charge on any atom is 0.254 e. The van der Waals surface area contributed by atoms with E-state index < -0.39 is 0 Å². The van der Waals surface area contributed by atoms with Gasteiger partial charge >= 0.3 is 0 Å². The van der Waals surface area contributed by atoms with Crippen LogP contribution in [0.3, 0.4) is 0 Å². The lowest BCUT2D eigenvalue weighted by Gasteiger charge is -2.60. The molecule has 2 atom stereocenters. The van der Waals surface area contributed by atoms with Crippen LogP contribution in [0.1, 0.15) is 49.4 Å². The van der Waals surface area contributed by atoms with Gasteiger partial charge in [-0.3, -0.25) is 14.7 Å². The summed E-state index contributed by atoms with van der Waals surface area (Å²) in [5, 5.41) is 13.0. The Morgan fingerprint density at radius 3 is 2.59 bits per heavy atom. The van der Waals surface area contributed by atoms with E-state index in [0.29, 0.717) is 23.3 Å². The summed E-state index contributed by atoms with van der Waals surface area (Å²) >= 11 is 0. The van der Waals surface area contributed by atoms with Crippen molar-refractivity contribution < 1.29 is 9.59 Å². The lowest BCUT2D eigenvalue weighted by Crippen LogP contribution is -2.66. The molecular formula is C16H22N4O2. The van der Waals surface area contributed by atoms with E-state index in [9.17, 15) is 9.59 Å². The molecular weight excluding hydrogens is 280 g/mol. The minimum Gasteiger partial charge on any atom is -0.351 e. The minimum atomic E-state index is -0.0419. The monoisotopic (exact) mass is 302 g/mol. The number of nitrogens with one attached hydrogen (secondary N) is 3. The zero-order chi connectivity index (χ0) is 15.3. The fourth-order valence-corrected chi connectivity index (χ4v) is 5.40. The second-order valence-electron chi connectivity index (χ2n) is 7.42. The maximum atomic E-state index is 12.3. The van der Waals surface area contributed by atoms with Crippen molar-refractivity contribution >= 4 is 11.8 Å². The van der Waals surface area contributed by atoms with E-state index in [1.54, 1.807) is 19.3 Å². The number of aromatic nitrogens is 2. The number of H-pyrrole nitrogens is 1. The van der Waals surface area contributed by atoms with Crippen molar-refractivity contribution in [3.63, 3.8) is 0 Å². The Labute approximate surface area is 129 Å². The molecule has 1 aromatic heterocycles. The Balaban J connectivity index is 1.51. The Morgan fingerprint density at radius 2 is 2.00 bits per heavy atom. The van der Waals surface area contributed by atoms with E-state index in [1.807, 2.05) is 0 Å². The Morgan fingerprint density at radius 1 is 1.27 bits per heavy atom. The van der Waals surface area contributed by atoms with Gasteiger partial charge in [-0.05, 0) is 49.9 Å². The summed E-state index contributed by atoms with van der Waals surface area (Å²) in [6.07, 6.45) is 8.64. The molecule has 0 aromatic carbocycles. The largest absolute Gasteiger partial charge is 0.351 e. The van der Waals surface area contributed by atoms with E-state index in [0.717, 1.165) is 19.3 Å². The van der Waals surface area contributed by atoms with Crippen molar-refractivity contribution in [2.24, 2.45) is 17.8 Å². The molecule has 0 radical (unpaired) electrons. The molecule has 4 aliphatic rings. The van der Waals surface area contributed by atoms with Crippen LogP contribution in [-0.4, -0.2) is 33.6 Å². The highest BCUT2D eigenvalue weighted by molar-refractivity contribution is 5.93. The van der Waals surface area contributed by atoms with Gasteiger partial charge in [0.05, 0.1) is 11.8 Å². The average molecular weight is 302 g/mol. The summed E-state index contributed by atoms with van der Waals surface area (Å²) in [7, 11) is 0. The van der Waals surface area contributed by atoms with Crippen LogP contribution >= 0.6 is 0 Å². The number of hydrogen-bond acceptors (Lipinski definition) is 3. The zero-order valence-corrected chi connectivity index (χ0v) is 12.8. The quantitative estimate of drug-likeness (QED) is 0.784. The zero-order valence-electron chi connectivity index (χ0n) is 12.8. The number of rotatable bonds is 3. The summed E-state index contributed by atoms with van der Waals surface area (Å²) in [6, 6.07) is 0.237. The molecule has 1 aromatic rings. The first-order chi connectivity index (χ1) is 10.5. The van der Waals surface area contributed by atoms with E-state index in [2.05, 4.69) is 20.8 Å². The van der Waals surface area contributed by atoms with Gasteiger partial charge in [-0.25, -0.2) is 0 Å². The summed E-state index contributed by atoms with van der Waals surface area (Å²) in [6.45, 7) is 1.61. The Hall–Kier alpha value is -1.85. The summed E-state index contributed by atoms with van der Waals surface area (Å²) < 4.78 is 0. The second kappa shape index (κ2) is 4.83. The van der Waals surface area contributed by atoms with Crippen LogP contribution in [0, 0.1) is 17.8 Å². The molecule has 22 heavy (non-hydrogen) atoms. The third-order valence-electron chi connectivity index (χ3n) is 5.77. The molecule has 0 saturated heterocycles. The Kier molecular flexibility index (Phi) is 3.03. The molecule has 4 bridgehead atoms. The molecule has 0 aliphatic heterocycles. The van der Waals surface area contributed by atoms with Gasteiger partial charge in [0.25, 0.3) is 5.91 Å². The number of nitrogens with zero attached hydrogens (tertiary/aromatic N) is 1. The van der Waals surface area contributed by atoms with Crippen molar-refractivity contribution in [1.82, 2.24) is 20.8 Å². The van der Waals surface area contributed by atoms with Crippen molar-refractivity contribution in [3.8, 4) is 0 Å². The molecule has 4 aliphatic carbocycles. The number of aromatic amines is 1. The van der Waals surface area contributed by atoms with Gasteiger partial charge < -0.3 is 10.6 Å². The number of carbonyl (C=O) groups excluding carboxylic acids is 2. The molecule has 5 rings (SSSR count). The van der Waals surface area contributed by atoms with E-state index in [-0.39, 0.29) is 23.4 Å². The first-order valence-corrected chi connectivity index (χ1v) is 8.13. The first-order valence-electron chi connectivity index (χ1n) is 8.13. The molecule has 2 unspecified atom stereocenters. The van der Waals surface area contributed by atoms with Gasteiger partial charge in [-0.15, -0.1) is 0 Å². The molecule has 3 N–H and O–H groups in total. The highest BCUT2D eigenvalue weighted by Gasteiger charge is 2.56. The van der Waals surface area contributed by atoms with Gasteiger partial charge in [0, 0.05) is 24.7 Å². The molecule has 1 heterocycles. The predicted molar refractivity (Wildman–Crippen MR) is 79.9 cm³/mol. The number of carbonyl (C=O) groups is 2. The fourth-order valence-electron chi connectivity index (χ4n) is 5.40. The van der Waals surface area contributed by atoms with Crippen LogP contribution < -0.4 is 10.6 Å². The molecule has 4 fully saturated rings. The summed E-state index contributed by atoms with van der Waals surface area (Å²) in [5.41, 5.74) is 0.574. The third-order valence-corrected chi connectivity index (χ3v) is 5.77. The van der Waals surface area contributed by atoms with Crippen LogP contribution in [0.4, 0.5) is 0 Å². The van der Waals surface area contributed by atoms with Crippen molar-refractivity contribution in [3.05, 3.63) is 18.0 Å². The van der Waals surface area contributed by atoms with Crippen LogP contribution in [-0.2, 0) is 4.79 Å². The molecule has 0 spiro atoms. The lowest BCUT2D eigenvalue weighted by atomic mass is 9.51.